The number of carbonyl (C=O) groups is 3. The molecule has 2 unspecified atom stereocenters. The summed E-state index contributed by atoms with van der Waals surface area (Å²) in [6.07, 6.45) is 18.8. The minimum atomic E-state index is -0.672. The lowest BCUT2D eigenvalue weighted by molar-refractivity contribution is -0.136. The largest absolute Gasteiger partial charge is 0.488 e. The molecule has 4 fully saturated rings. The van der Waals surface area contributed by atoms with Crippen molar-refractivity contribution in [1.29, 1.82) is 0 Å². The first-order valence-corrected chi connectivity index (χ1v) is 17.2. The number of piperidine rings is 1. The van der Waals surface area contributed by atoms with Crippen LogP contribution in [-0.2, 0) is 25.6 Å². The molecule has 1 aromatic rings. The number of imide groups is 1. The second-order valence-electron chi connectivity index (χ2n) is 13.5. The Balaban J connectivity index is 1.29. The first-order valence-electron chi connectivity index (χ1n) is 17.2. The maximum Gasteiger partial charge on any atom is 0.255 e. The second kappa shape index (κ2) is 14.5. The standard InChI is InChI=1S/C37H47N3O6/c1-4-39(22-21-24-13-15-25(44-2)16-14-24)29-10-6-8-12-32(29)46-33-19-17-26-28(35(33)27-9-5-7-11-31(27)45-3)23-40(37(26)43)30-18-20-34(41)38-36(30)42/h1,17,19,24-25,27,29-32H,5-16,18,20,23H2,2-3H3,(H,38,41,42)/t24?,25?,27?,29-,30?,31-,32-/m0/s1. The van der Waals surface area contributed by atoms with E-state index in [9.17, 15) is 14.4 Å². The van der Waals surface area contributed by atoms with Gasteiger partial charge >= 0.3 is 0 Å². The second-order valence-corrected chi connectivity index (χ2v) is 13.5. The van der Waals surface area contributed by atoms with E-state index in [0.717, 1.165) is 93.9 Å². The van der Waals surface area contributed by atoms with Gasteiger partial charge < -0.3 is 19.1 Å². The number of rotatable bonds is 7. The maximum atomic E-state index is 13.8. The minimum Gasteiger partial charge on any atom is -0.488 e. The predicted molar refractivity (Wildman–Crippen MR) is 172 cm³/mol. The summed E-state index contributed by atoms with van der Waals surface area (Å²) in [5.41, 5.74) is 2.53. The van der Waals surface area contributed by atoms with Gasteiger partial charge in [-0.1, -0.05) is 31.6 Å². The molecule has 1 N–H and O–H groups in total. The van der Waals surface area contributed by atoms with Gasteiger partial charge in [0, 0.05) is 62.2 Å². The summed E-state index contributed by atoms with van der Waals surface area (Å²) in [6, 6.07) is 9.27. The molecule has 0 radical (unpaired) electrons. The van der Waals surface area contributed by atoms with E-state index in [-0.39, 0.29) is 42.4 Å². The van der Waals surface area contributed by atoms with Crippen LogP contribution < -0.4 is 10.1 Å². The zero-order valence-electron chi connectivity index (χ0n) is 27.2. The topological polar surface area (TPSA) is 97.4 Å². The highest BCUT2D eigenvalue weighted by Gasteiger charge is 2.43. The Bertz CT molecular complexity index is 1420. The van der Waals surface area contributed by atoms with Crippen LogP contribution in [0.1, 0.15) is 117 Å². The van der Waals surface area contributed by atoms with E-state index in [1.165, 1.54) is 0 Å². The summed E-state index contributed by atoms with van der Waals surface area (Å²) in [5, 5.41) is 2.42. The highest BCUT2D eigenvalue weighted by Crippen LogP contribution is 2.45. The lowest BCUT2D eigenvalue weighted by atomic mass is 9.78. The molecule has 2 heterocycles. The van der Waals surface area contributed by atoms with Crippen LogP contribution in [0.5, 0.6) is 5.75 Å². The van der Waals surface area contributed by atoms with Gasteiger partial charge in [0.15, 0.2) is 0 Å². The third kappa shape index (κ3) is 6.64. The van der Waals surface area contributed by atoms with Crippen molar-refractivity contribution in [2.75, 3.05) is 14.2 Å². The van der Waals surface area contributed by atoms with Gasteiger partial charge in [-0.2, -0.15) is 0 Å². The molecular weight excluding hydrogens is 582 g/mol. The van der Waals surface area contributed by atoms with Gasteiger partial charge in [0.25, 0.3) is 5.91 Å². The average Bonchev–Trinajstić information content (AvgIpc) is 3.41. The molecule has 6 rings (SSSR count). The van der Waals surface area contributed by atoms with E-state index in [0.29, 0.717) is 30.6 Å². The molecule has 5 atom stereocenters. The molecule has 0 bridgehead atoms. The lowest BCUT2D eigenvalue weighted by Crippen LogP contribution is -2.52. The monoisotopic (exact) mass is 629 g/mol. The molecule has 46 heavy (non-hydrogen) atoms. The van der Waals surface area contributed by atoms with Crippen molar-refractivity contribution in [3.05, 3.63) is 28.8 Å². The lowest BCUT2D eigenvalue weighted by Gasteiger charge is -2.37. The molecule has 1 saturated heterocycles. The molecular formula is C37H47N3O6. The normalized spacial score (nSPS) is 31.3. The summed E-state index contributed by atoms with van der Waals surface area (Å²) < 4.78 is 18.6. The number of fused-ring (bicyclic) bond motifs is 1. The van der Waals surface area contributed by atoms with Gasteiger partial charge in [-0.25, -0.2) is 0 Å². The maximum absolute atomic E-state index is 13.8. The number of hydrogen-bond donors (Lipinski definition) is 1. The zero-order chi connectivity index (χ0) is 32.2. The third-order valence-electron chi connectivity index (χ3n) is 10.9. The van der Waals surface area contributed by atoms with Crippen LogP contribution in [0, 0.1) is 30.4 Å². The number of benzene rings is 1. The van der Waals surface area contributed by atoms with Gasteiger partial charge in [-0.05, 0) is 81.9 Å². The SMILES string of the molecule is C#CN(C#CC1CCC(OC)CC1)[C@H]1CCCC[C@@H]1Oc1ccc2c(c1C1CCCC[C@@H]1OC)CN(C1CCC(=O)NC1=O)C2=O. The molecule has 0 spiro atoms. The fraction of sp³-hybridized carbons (Fsp3) is 0.649. The minimum absolute atomic E-state index is 0.00535. The number of terminal acetylenes is 1. The van der Waals surface area contributed by atoms with E-state index >= 15 is 0 Å². The Morgan fingerprint density at radius 2 is 1.63 bits per heavy atom. The quantitative estimate of drug-likeness (QED) is 0.261. The van der Waals surface area contributed by atoms with Crippen LogP contribution in [0.3, 0.4) is 0 Å². The fourth-order valence-corrected chi connectivity index (χ4v) is 8.35. The van der Waals surface area contributed by atoms with Gasteiger partial charge in [-0.15, -0.1) is 0 Å². The van der Waals surface area contributed by atoms with E-state index in [1.54, 1.807) is 19.1 Å². The van der Waals surface area contributed by atoms with Crippen molar-refractivity contribution in [1.82, 2.24) is 15.1 Å². The van der Waals surface area contributed by atoms with Crippen LogP contribution in [0.25, 0.3) is 0 Å². The van der Waals surface area contributed by atoms with E-state index in [4.69, 9.17) is 20.6 Å². The third-order valence-corrected chi connectivity index (χ3v) is 10.9. The van der Waals surface area contributed by atoms with Crippen molar-refractivity contribution in [3.8, 4) is 30.2 Å². The number of hydrogen-bond acceptors (Lipinski definition) is 7. The Morgan fingerprint density at radius 1 is 0.891 bits per heavy atom. The van der Waals surface area contributed by atoms with Crippen molar-refractivity contribution in [2.45, 2.75) is 133 Å². The summed E-state index contributed by atoms with van der Waals surface area (Å²) in [6.45, 7) is 0.307. The first-order chi connectivity index (χ1) is 22.4. The van der Waals surface area contributed by atoms with Gasteiger partial charge in [0.1, 0.15) is 17.9 Å². The molecule has 0 aromatic heterocycles. The van der Waals surface area contributed by atoms with Gasteiger partial charge in [0.05, 0.1) is 18.2 Å². The number of carbonyl (C=O) groups excluding carboxylic acids is 3. The Morgan fingerprint density at radius 3 is 2.35 bits per heavy atom. The van der Waals surface area contributed by atoms with Crippen molar-refractivity contribution < 1.29 is 28.6 Å². The Hall–Kier alpha value is -3.53. The molecule has 246 valence electrons. The van der Waals surface area contributed by atoms with Crippen molar-refractivity contribution in [3.63, 3.8) is 0 Å². The average molecular weight is 630 g/mol. The number of ether oxygens (including phenoxy) is 3. The zero-order valence-corrected chi connectivity index (χ0v) is 27.2. The Labute approximate surface area is 273 Å². The molecule has 2 aliphatic heterocycles. The van der Waals surface area contributed by atoms with Crippen LogP contribution in [0.4, 0.5) is 0 Å². The molecule has 3 saturated carbocycles. The molecule has 1 aromatic carbocycles. The highest BCUT2D eigenvalue weighted by molar-refractivity contribution is 6.05. The van der Waals surface area contributed by atoms with E-state index in [2.05, 4.69) is 23.3 Å². The van der Waals surface area contributed by atoms with Crippen LogP contribution >= 0.6 is 0 Å². The van der Waals surface area contributed by atoms with E-state index < -0.39 is 11.9 Å². The molecule has 3 amide bonds. The molecule has 9 nitrogen and oxygen atoms in total. The molecule has 9 heteroatoms. The van der Waals surface area contributed by atoms with E-state index in [1.807, 2.05) is 17.0 Å². The molecule has 5 aliphatic rings. The summed E-state index contributed by atoms with van der Waals surface area (Å²) in [7, 11) is 3.54. The summed E-state index contributed by atoms with van der Waals surface area (Å²) in [4.78, 5) is 41.9. The van der Waals surface area contributed by atoms with Crippen molar-refractivity contribution >= 4 is 17.7 Å². The number of nitrogens with zero attached hydrogens (tertiary/aromatic N) is 2. The van der Waals surface area contributed by atoms with Crippen LogP contribution in [-0.4, -0.2) is 72.1 Å². The number of nitrogens with one attached hydrogen (secondary N) is 1. The fourth-order valence-electron chi connectivity index (χ4n) is 8.35. The summed E-state index contributed by atoms with van der Waals surface area (Å²) in [5.74, 6) is 3.74. The molecule has 3 aliphatic carbocycles. The highest BCUT2D eigenvalue weighted by atomic mass is 16.5. The Kier molecular flexibility index (Phi) is 10.2. The van der Waals surface area contributed by atoms with Crippen LogP contribution in [0.2, 0.25) is 0 Å². The number of amides is 3. The van der Waals surface area contributed by atoms with Gasteiger partial charge in [-0.3, -0.25) is 24.6 Å². The van der Waals surface area contributed by atoms with Crippen molar-refractivity contribution in [2.24, 2.45) is 5.92 Å². The predicted octanol–water partition coefficient (Wildman–Crippen LogP) is 4.87. The van der Waals surface area contributed by atoms with Gasteiger partial charge in [0.2, 0.25) is 11.8 Å². The summed E-state index contributed by atoms with van der Waals surface area (Å²) >= 11 is 0. The smallest absolute Gasteiger partial charge is 0.255 e. The van der Waals surface area contributed by atoms with Crippen LogP contribution in [0.15, 0.2) is 12.1 Å². The first kappa shape index (κ1) is 32.4. The number of methoxy groups -OCH3 is 2.